The highest BCUT2D eigenvalue weighted by Crippen LogP contribution is 2.21. The molecule has 152 valence electrons. The summed E-state index contributed by atoms with van der Waals surface area (Å²) >= 11 is 0. The van der Waals surface area contributed by atoms with E-state index in [0.29, 0.717) is 18.4 Å². The third-order valence-corrected chi connectivity index (χ3v) is 5.00. The van der Waals surface area contributed by atoms with Crippen LogP contribution in [0.5, 0.6) is 0 Å². The Morgan fingerprint density at radius 2 is 1.17 bits per heavy atom. The molecule has 0 aliphatic carbocycles. The molecular weight excluding hydrogens is 390 g/mol. The van der Waals surface area contributed by atoms with E-state index in [-0.39, 0.29) is 24.0 Å². The molecule has 0 amide bonds. The average Bonchev–Trinajstić information content (AvgIpc) is 2.72. The van der Waals surface area contributed by atoms with Crippen LogP contribution >= 0.6 is 0 Å². The molecule has 0 spiro atoms. The van der Waals surface area contributed by atoms with Gasteiger partial charge in [-0.05, 0) is 72.2 Å². The fourth-order valence-corrected chi connectivity index (χ4v) is 3.29. The van der Waals surface area contributed by atoms with Crippen LogP contribution in [0.4, 0.5) is 17.6 Å². The van der Waals surface area contributed by atoms with E-state index in [1.807, 2.05) is 24.3 Å². The highest BCUT2D eigenvalue weighted by molar-refractivity contribution is 5.47. The lowest BCUT2D eigenvalue weighted by Crippen LogP contribution is -2.03. The Bertz CT molecular complexity index is 1060. The van der Waals surface area contributed by atoms with Crippen molar-refractivity contribution in [2.24, 2.45) is 0 Å². The maximum atomic E-state index is 14.5. The third-order valence-electron chi connectivity index (χ3n) is 5.00. The summed E-state index contributed by atoms with van der Waals surface area (Å²) in [5.41, 5.74) is 2.03. The van der Waals surface area contributed by atoms with E-state index in [4.69, 9.17) is 5.26 Å². The van der Waals surface area contributed by atoms with Gasteiger partial charge in [-0.15, -0.1) is 0 Å². The maximum absolute atomic E-state index is 14.5. The Morgan fingerprint density at radius 3 is 1.67 bits per heavy atom. The summed E-state index contributed by atoms with van der Waals surface area (Å²) in [7, 11) is 0. The fourth-order valence-electron chi connectivity index (χ4n) is 3.29. The van der Waals surface area contributed by atoms with Gasteiger partial charge in [0.2, 0.25) is 0 Å². The minimum Gasteiger partial charge on any atom is -0.207 e. The lowest BCUT2D eigenvalue weighted by Gasteiger charge is -2.10. The van der Waals surface area contributed by atoms with Gasteiger partial charge in [-0.2, -0.15) is 5.26 Å². The van der Waals surface area contributed by atoms with Gasteiger partial charge in [-0.1, -0.05) is 36.9 Å². The van der Waals surface area contributed by atoms with E-state index in [1.165, 1.54) is 18.2 Å². The van der Waals surface area contributed by atoms with E-state index in [0.717, 1.165) is 23.3 Å². The Balaban J connectivity index is 1.68. The van der Waals surface area contributed by atoms with Crippen molar-refractivity contribution in [3.05, 3.63) is 112 Å². The van der Waals surface area contributed by atoms with Gasteiger partial charge >= 0.3 is 0 Å². The highest BCUT2D eigenvalue weighted by atomic mass is 19.1. The average molecular weight is 409 g/mol. The number of halogens is 4. The number of benzene rings is 3. The lowest BCUT2D eigenvalue weighted by atomic mass is 9.98. The van der Waals surface area contributed by atoms with Crippen molar-refractivity contribution in [2.75, 3.05) is 0 Å². The Hall–Kier alpha value is -3.39. The molecule has 30 heavy (non-hydrogen) atoms. The summed E-state index contributed by atoms with van der Waals surface area (Å²) in [4.78, 5) is 0. The van der Waals surface area contributed by atoms with Gasteiger partial charge in [0.1, 0.15) is 34.9 Å². The second-order valence-electron chi connectivity index (χ2n) is 7.03. The Kier molecular flexibility index (Phi) is 6.68. The summed E-state index contributed by atoms with van der Waals surface area (Å²) in [6.07, 6.45) is 2.86. The summed E-state index contributed by atoms with van der Waals surface area (Å²) in [6.45, 7) is 3.70. The maximum Gasteiger partial charge on any atom is 0.144 e. The van der Waals surface area contributed by atoms with Crippen LogP contribution in [-0.4, -0.2) is 0 Å². The highest BCUT2D eigenvalue weighted by Gasteiger charge is 2.14. The second-order valence-corrected chi connectivity index (χ2v) is 7.03. The largest absolute Gasteiger partial charge is 0.207 e. The number of hydrogen-bond acceptors (Lipinski definition) is 1. The first-order valence-electron chi connectivity index (χ1n) is 9.47. The van der Waals surface area contributed by atoms with Crippen LogP contribution < -0.4 is 0 Å². The molecule has 0 fully saturated rings. The van der Waals surface area contributed by atoms with Crippen LogP contribution in [0.15, 0.2) is 55.1 Å². The third kappa shape index (κ3) is 4.96. The van der Waals surface area contributed by atoms with Gasteiger partial charge in [-0.3, -0.25) is 0 Å². The van der Waals surface area contributed by atoms with Crippen molar-refractivity contribution in [1.29, 1.82) is 5.26 Å². The summed E-state index contributed by atoms with van der Waals surface area (Å²) in [6, 6.07) is 13.9. The smallest absolute Gasteiger partial charge is 0.144 e. The summed E-state index contributed by atoms with van der Waals surface area (Å²) in [5.74, 6) is -3.32. The number of nitrogens with zero attached hydrogens (tertiary/aromatic N) is 1. The number of aryl methyl sites for hydroxylation is 3. The molecule has 0 radical (unpaired) electrons. The molecule has 3 aromatic rings. The number of rotatable bonds is 7. The van der Waals surface area contributed by atoms with Gasteiger partial charge in [0, 0.05) is 5.56 Å². The summed E-state index contributed by atoms with van der Waals surface area (Å²) in [5, 5.41) is 8.70. The molecule has 0 atom stereocenters. The van der Waals surface area contributed by atoms with Crippen LogP contribution in [0.25, 0.3) is 6.08 Å². The van der Waals surface area contributed by atoms with E-state index in [2.05, 4.69) is 6.58 Å². The quantitative estimate of drug-likeness (QED) is 0.419. The van der Waals surface area contributed by atoms with E-state index in [1.54, 1.807) is 6.08 Å². The van der Waals surface area contributed by atoms with Crippen LogP contribution in [0, 0.1) is 34.6 Å². The predicted molar refractivity (Wildman–Crippen MR) is 109 cm³/mol. The molecule has 0 aliphatic rings. The first kappa shape index (κ1) is 21.3. The summed E-state index contributed by atoms with van der Waals surface area (Å²) < 4.78 is 56.3. The van der Waals surface area contributed by atoms with Crippen molar-refractivity contribution in [2.45, 2.75) is 25.7 Å². The van der Waals surface area contributed by atoms with Gasteiger partial charge in [-0.25, -0.2) is 17.6 Å². The molecule has 0 saturated heterocycles. The molecule has 0 saturated carbocycles. The minimum absolute atomic E-state index is 0.0440. The lowest BCUT2D eigenvalue weighted by molar-refractivity contribution is 0.549. The van der Waals surface area contributed by atoms with Gasteiger partial charge in [0.05, 0.1) is 0 Å². The number of nitriles is 1. The molecule has 3 rings (SSSR count). The van der Waals surface area contributed by atoms with Crippen molar-refractivity contribution >= 4 is 6.08 Å². The fraction of sp³-hybridized carbons (Fsp3) is 0.160. The van der Waals surface area contributed by atoms with Crippen LogP contribution in [-0.2, 0) is 25.7 Å². The molecule has 0 aromatic heterocycles. The minimum atomic E-state index is -0.982. The van der Waals surface area contributed by atoms with E-state index >= 15 is 0 Å². The zero-order chi connectivity index (χ0) is 21.7. The molecule has 0 aliphatic heterocycles. The molecule has 0 unspecified atom stereocenters. The molecule has 0 bridgehead atoms. The van der Waals surface area contributed by atoms with Gasteiger partial charge in [0.15, 0.2) is 0 Å². The second kappa shape index (κ2) is 9.41. The van der Waals surface area contributed by atoms with Crippen LogP contribution in [0.2, 0.25) is 0 Å². The van der Waals surface area contributed by atoms with E-state index in [9.17, 15) is 17.6 Å². The molecular formula is C25H19F4N. The number of hydrogen-bond donors (Lipinski definition) is 0. The van der Waals surface area contributed by atoms with Gasteiger partial charge < -0.3 is 0 Å². The molecule has 1 nitrogen and oxygen atoms in total. The van der Waals surface area contributed by atoms with Crippen molar-refractivity contribution in [3.63, 3.8) is 0 Å². The molecule has 0 N–H and O–H groups in total. The first-order valence-corrected chi connectivity index (χ1v) is 9.47. The molecule has 5 heteroatoms. The topological polar surface area (TPSA) is 23.8 Å². The zero-order valence-corrected chi connectivity index (χ0v) is 16.2. The van der Waals surface area contributed by atoms with Crippen molar-refractivity contribution < 1.29 is 17.6 Å². The predicted octanol–water partition coefficient (Wildman–Crippen LogP) is 6.33. The standard InChI is InChI=1S/C25H19F4N/c1-2-16-3-5-17(6-4-16)7-8-18-11-22(26)20(23(27)12-18)10-9-19-13-24(28)21(15-30)25(29)14-19/h2-6,11-14H,1,7-10H2. The van der Waals surface area contributed by atoms with Gasteiger partial charge in [0.25, 0.3) is 0 Å². The van der Waals surface area contributed by atoms with Crippen molar-refractivity contribution in [3.8, 4) is 6.07 Å². The SMILES string of the molecule is C=Cc1ccc(CCc2cc(F)c(CCc3cc(F)c(C#N)c(F)c3)c(F)c2)cc1. The Morgan fingerprint density at radius 1 is 0.700 bits per heavy atom. The van der Waals surface area contributed by atoms with E-state index < -0.39 is 28.8 Å². The Labute approximate surface area is 172 Å². The van der Waals surface area contributed by atoms with Crippen LogP contribution in [0.1, 0.15) is 33.4 Å². The molecule has 3 aromatic carbocycles. The van der Waals surface area contributed by atoms with Crippen LogP contribution in [0.3, 0.4) is 0 Å². The monoisotopic (exact) mass is 409 g/mol. The first-order chi connectivity index (χ1) is 14.4. The van der Waals surface area contributed by atoms with Crippen molar-refractivity contribution in [1.82, 2.24) is 0 Å². The molecule has 0 heterocycles. The normalized spacial score (nSPS) is 10.6. The zero-order valence-electron chi connectivity index (χ0n) is 16.2.